The predicted molar refractivity (Wildman–Crippen MR) is 241 cm³/mol. The fourth-order valence-corrected chi connectivity index (χ4v) is 7.86. The van der Waals surface area contributed by atoms with Crippen LogP contribution in [0.3, 0.4) is 0 Å². The van der Waals surface area contributed by atoms with Crippen LogP contribution in [0.2, 0.25) is 0 Å². The molecule has 0 aliphatic rings. The lowest BCUT2D eigenvalue weighted by Crippen LogP contribution is -2.09. The van der Waals surface area contributed by atoms with E-state index in [9.17, 15) is 0 Å². The number of fused-ring (bicyclic) bond motifs is 4. The lowest BCUT2D eigenvalue weighted by molar-refractivity contribution is 1.29. The lowest BCUT2D eigenvalue weighted by Gasteiger charge is -2.26. The topological polar surface area (TPSA) is 6.48 Å². The summed E-state index contributed by atoms with van der Waals surface area (Å²) >= 11 is 0. The third-order valence-electron chi connectivity index (χ3n) is 10.7. The Kier molecular flexibility index (Phi) is 8.55. The van der Waals surface area contributed by atoms with Gasteiger partial charge in [0.1, 0.15) is 0 Å². The zero-order valence-corrected chi connectivity index (χ0v) is 30.8. The molecule has 0 bridgehead atoms. The summed E-state index contributed by atoms with van der Waals surface area (Å²) in [5, 5.41) is 9.77. The van der Waals surface area contributed by atoms with Gasteiger partial charge in [0.15, 0.2) is 0 Å². The first-order valence-electron chi connectivity index (χ1n) is 19.2. The number of rotatable bonds is 8. The Hall–Kier alpha value is -7.42. The SMILES string of the molecule is C(=C\c1ccc2cc(N(c3ccccc3)c3ccc4ccccc4c3)ccc2c1)/c1ccc2cc(N(c3ccccc3)c3ccc4ccccc4c3)ccc2c1. The van der Waals surface area contributed by atoms with Crippen LogP contribution in [-0.4, -0.2) is 0 Å². The molecular weight excluding hydrogens is 677 g/mol. The maximum Gasteiger partial charge on any atom is 0.0468 e. The van der Waals surface area contributed by atoms with E-state index < -0.39 is 0 Å². The zero-order chi connectivity index (χ0) is 37.3. The highest BCUT2D eigenvalue weighted by Gasteiger charge is 2.15. The molecule has 0 unspecified atom stereocenters. The van der Waals surface area contributed by atoms with Crippen molar-refractivity contribution in [1.29, 1.82) is 0 Å². The molecule has 0 fully saturated rings. The van der Waals surface area contributed by atoms with E-state index in [2.05, 4.69) is 240 Å². The van der Waals surface area contributed by atoms with Crippen molar-refractivity contribution in [3.05, 3.63) is 230 Å². The van der Waals surface area contributed by atoms with Crippen LogP contribution >= 0.6 is 0 Å². The Morgan fingerprint density at radius 1 is 0.214 bits per heavy atom. The molecule has 0 aromatic heterocycles. The molecule has 2 nitrogen and oxygen atoms in total. The Balaban J connectivity index is 0.929. The van der Waals surface area contributed by atoms with Crippen molar-refractivity contribution in [2.45, 2.75) is 0 Å². The second-order valence-electron chi connectivity index (χ2n) is 14.3. The van der Waals surface area contributed by atoms with Gasteiger partial charge in [0.05, 0.1) is 0 Å². The number of para-hydroxylation sites is 2. The average molecular weight is 715 g/mol. The van der Waals surface area contributed by atoms with Crippen LogP contribution in [0.5, 0.6) is 0 Å². The van der Waals surface area contributed by atoms with E-state index in [4.69, 9.17) is 0 Å². The summed E-state index contributed by atoms with van der Waals surface area (Å²) in [6.07, 6.45) is 4.43. The molecule has 0 N–H and O–H groups in total. The van der Waals surface area contributed by atoms with Gasteiger partial charge in [-0.05, 0) is 139 Å². The van der Waals surface area contributed by atoms with Gasteiger partial charge < -0.3 is 9.80 Å². The molecule has 0 saturated heterocycles. The molecule has 0 radical (unpaired) electrons. The van der Waals surface area contributed by atoms with Crippen LogP contribution in [0, 0.1) is 0 Å². The van der Waals surface area contributed by atoms with Crippen LogP contribution in [-0.2, 0) is 0 Å². The molecule has 0 aliphatic heterocycles. The molecule has 10 aromatic carbocycles. The maximum atomic E-state index is 2.34. The van der Waals surface area contributed by atoms with Crippen molar-refractivity contribution in [2.24, 2.45) is 0 Å². The summed E-state index contributed by atoms with van der Waals surface area (Å²) in [5.74, 6) is 0. The summed E-state index contributed by atoms with van der Waals surface area (Å²) < 4.78 is 0. The molecule has 0 spiro atoms. The summed E-state index contributed by atoms with van der Waals surface area (Å²) in [5.41, 5.74) is 9.14. The first kappa shape index (κ1) is 33.2. The second kappa shape index (κ2) is 14.4. The van der Waals surface area contributed by atoms with E-state index in [1.807, 2.05) is 0 Å². The summed E-state index contributed by atoms with van der Waals surface area (Å²) in [6.45, 7) is 0. The minimum Gasteiger partial charge on any atom is -0.310 e. The molecule has 0 saturated carbocycles. The predicted octanol–water partition coefficient (Wildman–Crippen LogP) is 15.4. The van der Waals surface area contributed by atoms with E-state index >= 15 is 0 Å². The van der Waals surface area contributed by atoms with E-state index in [1.54, 1.807) is 0 Å². The van der Waals surface area contributed by atoms with Crippen LogP contribution < -0.4 is 9.80 Å². The Morgan fingerprint density at radius 2 is 0.500 bits per heavy atom. The van der Waals surface area contributed by atoms with Gasteiger partial charge in [0.25, 0.3) is 0 Å². The van der Waals surface area contributed by atoms with Crippen molar-refractivity contribution in [2.75, 3.05) is 9.80 Å². The largest absolute Gasteiger partial charge is 0.310 e. The average Bonchev–Trinajstić information content (AvgIpc) is 3.26. The standard InChI is InChI=1S/C54H38N2/c1-3-15-49(16-4-1)55(51-29-25-41-11-7-9-13-43(41)35-51)53-31-27-45-33-39(21-23-47(45)37-53)19-20-40-22-24-48-38-54(32-28-46(48)34-40)56(50-17-5-2-6-18-50)52-30-26-42-12-8-10-14-44(42)36-52/h1-38H/b20-19+. The monoisotopic (exact) mass is 714 g/mol. The van der Waals surface area contributed by atoms with Crippen LogP contribution in [0.15, 0.2) is 218 Å². The van der Waals surface area contributed by atoms with E-state index in [-0.39, 0.29) is 0 Å². The Labute approximate surface area is 327 Å². The number of nitrogens with zero attached hydrogens (tertiary/aromatic N) is 2. The van der Waals surface area contributed by atoms with Crippen molar-refractivity contribution >= 4 is 89.4 Å². The number of benzene rings is 10. The maximum absolute atomic E-state index is 2.34. The fourth-order valence-electron chi connectivity index (χ4n) is 7.86. The number of hydrogen-bond donors (Lipinski definition) is 0. The molecule has 0 amide bonds. The van der Waals surface area contributed by atoms with E-state index in [0.717, 1.165) is 34.1 Å². The summed E-state index contributed by atoms with van der Waals surface area (Å²) in [7, 11) is 0. The molecule has 10 aromatic rings. The number of hydrogen-bond acceptors (Lipinski definition) is 2. The molecule has 0 atom stereocenters. The van der Waals surface area contributed by atoms with Crippen molar-refractivity contribution < 1.29 is 0 Å². The Bertz CT molecular complexity index is 2830. The zero-order valence-electron chi connectivity index (χ0n) is 30.8. The van der Waals surface area contributed by atoms with Gasteiger partial charge in [0, 0.05) is 34.1 Å². The smallest absolute Gasteiger partial charge is 0.0468 e. The normalized spacial score (nSPS) is 11.5. The lowest BCUT2D eigenvalue weighted by atomic mass is 10.0. The molecule has 0 aliphatic carbocycles. The first-order chi connectivity index (χ1) is 27.7. The molecular formula is C54H38N2. The summed E-state index contributed by atoms with van der Waals surface area (Å²) in [6, 6.07) is 78.7. The van der Waals surface area contributed by atoms with E-state index in [1.165, 1.54) is 54.2 Å². The highest BCUT2D eigenvalue weighted by atomic mass is 15.1. The minimum atomic E-state index is 1.13. The minimum absolute atomic E-state index is 1.13. The van der Waals surface area contributed by atoms with Crippen LogP contribution in [0.25, 0.3) is 55.2 Å². The molecule has 2 heteroatoms. The molecule has 0 heterocycles. The van der Waals surface area contributed by atoms with Crippen LogP contribution in [0.4, 0.5) is 34.1 Å². The third kappa shape index (κ3) is 6.55. The van der Waals surface area contributed by atoms with Crippen molar-refractivity contribution in [1.82, 2.24) is 0 Å². The van der Waals surface area contributed by atoms with Gasteiger partial charge in [-0.1, -0.05) is 146 Å². The summed E-state index contributed by atoms with van der Waals surface area (Å²) in [4.78, 5) is 4.68. The van der Waals surface area contributed by atoms with Crippen LogP contribution in [0.1, 0.15) is 11.1 Å². The van der Waals surface area contributed by atoms with Crippen molar-refractivity contribution in [3.63, 3.8) is 0 Å². The fraction of sp³-hybridized carbons (Fsp3) is 0. The van der Waals surface area contributed by atoms with E-state index in [0.29, 0.717) is 0 Å². The van der Waals surface area contributed by atoms with Gasteiger partial charge in [-0.2, -0.15) is 0 Å². The van der Waals surface area contributed by atoms with Gasteiger partial charge >= 0.3 is 0 Å². The second-order valence-corrected chi connectivity index (χ2v) is 14.3. The highest BCUT2D eigenvalue weighted by Crippen LogP contribution is 2.39. The first-order valence-corrected chi connectivity index (χ1v) is 19.2. The molecule has 264 valence electrons. The quantitative estimate of drug-likeness (QED) is 0.145. The number of anilines is 6. The molecule has 56 heavy (non-hydrogen) atoms. The van der Waals surface area contributed by atoms with Gasteiger partial charge in [-0.15, -0.1) is 0 Å². The van der Waals surface area contributed by atoms with Gasteiger partial charge in [-0.3, -0.25) is 0 Å². The highest BCUT2D eigenvalue weighted by molar-refractivity contribution is 5.96. The molecule has 10 rings (SSSR count). The van der Waals surface area contributed by atoms with Gasteiger partial charge in [0.2, 0.25) is 0 Å². The Morgan fingerprint density at radius 3 is 0.893 bits per heavy atom. The third-order valence-corrected chi connectivity index (χ3v) is 10.7. The van der Waals surface area contributed by atoms with Gasteiger partial charge in [-0.25, -0.2) is 0 Å². The van der Waals surface area contributed by atoms with Crippen molar-refractivity contribution in [3.8, 4) is 0 Å².